The molecule has 0 unspecified atom stereocenters. The number of carbonyl (C=O) groups is 1. The average molecular weight is 446 g/mol. The molecule has 166 valence electrons. The van der Waals surface area contributed by atoms with E-state index in [-0.39, 0.29) is 11.5 Å². The predicted molar refractivity (Wildman–Crippen MR) is 120 cm³/mol. The summed E-state index contributed by atoms with van der Waals surface area (Å²) in [5.74, 6) is -0.901. The van der Waals surface area contributed by atoms with E-state index in [2.05, 4.69) is 0 Å². The van der Waals surface area contributed by atoms with Gasteiger partial charge in [-0.15, -0.1) is 0 Å². The molecule has 0 aliphatic carbocycles. The topological polar surface area (TPSA) is 69.7 Å². The van der Waals surface area contributed by atoms with E-state index in [9.17, 15) is 17.6 Å². The summed E-state index contributed by atoms with van der Waals surface area (Å²) in [7, 11) is -4.18. The number of ketones is 1. The van der Waals surface area contributed by atoms with Crippen LogP contribution in [0.1, 0.15) is 63.0 Å². The number of sulfone groups is 1. The molecule has 1 heterocycles. The average Bonchev–Trinajstić information content (AvgIpc) is 2.88. The Morgan fingerprint density at radius 3 is 2.06 bits per heavy atom. The Morgan fingerprint density at radius 1 is 1.00 bits per heavy atom. The molecule has 2 aromatic carbocycles. The zero-order valence-electron chi connectivity index (χ0n) is 18.7. The first-order valence-corrected chi connectivity index (χ1v) is 12.0. The van der Waals surface area contributed by atoms with Crippen LogP contribution in [-0.4, -0.2) is 37.8 Å². The van der Waals surface area contributed by atoms with Crippen LogP contribution in [-0.2, 0) is 24.9 Å². The Balaban J connectivity index is 2.08. The maximum Gasteiger partial charge on any atom is 0.495 e. The van der Waals surface area contributed by atoms with E-state index >= 15 is 0 Å². The Labute approximate surface area is 184 Å². The quantitative estimate of drug-likeness (QED) is 0.500. The largest absolute Gasteiger partial charge is 0.495 e. The fourth-order valence-electron chi connectivity index (χ4n) is 3.23. The summed E-state index contributed by atoms with van der Waals surface area (Å²) >= 11 is 0. The molecular formula is C23H28BFO5S. The summed E-state index contributed by atoms with van der Waals surface area (Å²) in [6, 6.07) is 10.2. The fraction of sp³-hybridized carbons (Fsp3) is 0.435. The summed E-state index contributed by atoms with van der Waals surface area (Å²) in [6.07, 6.45) is 0. The van der Waals surface area contributed by atoms with Crippen molar-refractivity contribution in [3.63, 3.8) is 0 Å². The van der Waals surface area contributed by atoms with Gasteiger partial charge in [-0.3, -0.25) is 4.79 Å². The van der Waals surface area contributed by atoms with Crippen LogP contribution in [0.4, 0.5) is 4.39 Å². The standard InChI is InChI=1S/C23H28BFO5S/c1-15(2)31(27,28)14-16-7-12-19(21(26)17-8-10-18(25)11-9-17)20(13-16)24-29-22(3,4)23(5,6)30-24/h7-13,15H,14H2,1-6H3. The van der Waals surface area contributed by atoms with Gasteiger partial charge in [0.15, 0.2) is 15.6 Å². The maximum absolute atomic E-state index is 13.3. The maximum atomic E-state index is 13.3. The van der Waals surface area contributed by atoms with Crippen molar-refractivity contribution in [1.29, 1.82) is 0 Å². The zero-order valence-corrected chi connectivity index (χ0v) is 19.5. The van der Waals surface area contributed by atoms with Crippen LogP contribution in [0.25, 0.3) is 0 Å². The Bertz CT molecular complexity index is 1080. The Morgan fingerprint density at radius 2 is 1.55 bits per heavy atom. The predicted octanol–water partition coefficient (Wildman–Crippen LogP) is 3.68. The van der Waals surface area contributed by atoms with E-state index in [1.807, 2.05) is 27.7 Å². The Hall–Kier alpha value is -2.03. The molecular weight excluding hydrogens is 418 g/mol. The van der Waals surface area contributed by atoms with Gasteiger partial charge < -0.3 is 9.31 Å². The third-order valence-corrected chi connectivity index (χ3v) is 8.23. The molecule has 0 N–H and O–H groups in total. The van der Waals surface area contributed by atoms with Crippen molar-refractivity contribution in [3.8, 4) is 0 Å². The van der Waals surface area contributed by atoms with Gasteiger partial charge in [-0.25, -0.2) is 12.8 Å². The van der Waals surface area contributed by atoms with Gasteiger partial charge in [0, 0.05) is 11.1 Å². The molecule has 1 aliphatic heterocycles. The number of halogens is 1. The summed E-state index contributed by atoms with van der Waals surface area (Å²) in [4.78, 5) is 13.2. The van der Waals surface area contributed by atoms with E-state index in [1.165, 1.54) is 24.3 Å². The molecule has 0 atom stereocenters. The van der Waals surface area contributed by atoms with Gasteiger partial charge in [-0.05, 0) is 76.8 Å². The molecule has 0 bridgehead atoms. The van der Waals surface area contributed by atoms with E-state index in [0.717, 1.165) is 0 Å². The molecule has 1 saturated heterocycles. The molecule has 1 fully saturated rings. The SMILES string of the molecule is CC(C)S(=O)(=O)Cc1ccc(C(=O)c2ccc(F)cc2)c(B2OC(C)(C)C(C)(C)O2)c1. The van der Waals surface area contributed by atoms with E-state index in [1.54, 1.807) is 32.0 Å². The molecule has 0 amide bonds. The van der Waals surface area contributed by atoms with Crippen molar-refractivity contribution in [3.05, 3.63) is 65.0 Å². The molecule has 0 radical (unpaired) electrons. The van der Waals surface area contributed by atoms with E-state index < -0.39 is 39.2 Å². The molecule has 0 aromatic heterocycles. The van der Waals surface area contributed by atoms with Gasteiger partial charge >= 0.3 is 7.12 Å². The summed E-state index contributed by atoms with van der Waals surface area (Å²) in [5, 5.41) is -0.520. The molecule has 2 aromatic rings. The lowest BCUT2D eigenvalue weighted by Gasteiger charge is -2.32. The summed E-state index contributed by atoms with van der Waals surface area (Å²) in [6.45, 7) is 10.9. The first kappa shape index (κ1) is 23.6. The van der Waals surface area contributed by atoms with Crippen LogP contribution in [0.2, 0.25) is 0 Å². The zero-order chi connectivity index (χ0) is 23.2. The number of hydrogen-bond donors (Lipinski definition) is 0. The van der Waals surface area contributed by atoms with Crippen LogP contribution in [0.15, 0.2) is 42.5 Å². The first-order valence-electron chi connectivity index (χ1n) is 10.2. The van der Waals surface area contributed by atoms with E-state index in [4.69, 9.17) is 9.31 Å². The van der Waals surface area contributed by atoms with Crippen molar-refractivity contribution >= 4 is 28.2 Å². The molecule has 0 saturated carbocycles. The summed E-state index contributed by atoms with van der Waals surface area (Å²) in [5.41, 5.74) is 0.401. The molecule has 0 spiro atoms. The van der Waals surface area contributed by atoms with Crippen LogP contribution >= 0.6 is 0 Å². The second kappa shape index (κ2) is 8.15. The van der Waals surface area contributed by atoms with Gasteiger partial charge in [0.2, 0.25) is 0 Å². The van der Waals surface area contributed by atoms with E-state index in [0.29, 0.717) is 22.2 Å². The number of benzene rings is 2. The van der Waals surface area contributed by atoms with Crippen LogP contribution in [0, 0.1) is 5.82 Å². The summed E-state index contributed by atoms with van der Waals surface area (Å²) < 4.78 is 50.5. The first-order chi connectivity index (χ1) is 14.2. The lowest BCUT2D eigenvalue weighted by atomic mass is 9.73. The molecule has 3 rings (SSSR count). The van der Waals surface area contributed by atoms with Crippen LogP contribution < -0.4 is 5.46 Å². The molecule has 31 heavy (non-hydrogen) atoms. The number of rotatable bonds is 6. The normalized spacial score (nSPS) is 17.9. The smallest absolute Gasteiger partial charge is 0.399 e. The minimum atomic E-state index is -3.34. The highest BCUT2D eigenvalue weighted by Gasteiger charge is 2.52. The van der Waals surface area contributed by atoms with Gasteiger partial charge in [0.25, 0.3) is 0 Å². The molecule has 8 heteroatoms. The highest BCUT2D eigenvalue weighted by atomic mass is 32.2. The minimum Gasteiger partial charge on any atom is -0.399 e. The van der Waals surface area contributed by atoms with Crippen LogP contribution in [0.3, 0.4) is 0 Å². The molecule has 1 aliphatic rings. The van der Waals surface area contributed by atoms with Gasteiger partial charge in [-0.1, -0.05) is 18.2 Å². The lowest BCUT2D eigenvalue weighted by Crippen LogP contribution is -2.41. The second-order valence-electron chi connectivity index (χ2n) is 9.20. The highest BCUT2D eigenvalue weighted by Crippen LogP contribution is 2.37. The van der Waals surface area contributed by atoms with Crippen molar-refractivity contribution in [1.82, 2.24) is 0 Å². The van der Waals surface area contributed by atoms with Crippen molar-refractivity contribution in [2.45, 2.75) is 63.7 Å². The van der Waals surface area contributed by atoms with Gasteiger partial charge in [0.1, 0.15) is 5.82 Å². The van der Waals surface area contributed by atoms with Gasteiger partial charge in [0.05, 0.1) is 22.2 Å². The lowest BCUT2D eigenvalue weighted by molar-refractivity contribution is 0.00578. The van der Waals surface area contributed by atoms with Crippen LogP contribution in [0.5, 0.6) is 0 Å². The monoisotopic (exact) mass is 446 g/mol. The molecule has 5 nitrogen and oxygen atoms in total. The van der Waals surface area contributed by atoms with Crippen molar-refractivity contribution in [2.75, 3.05) is 0 Å². The number of hydrogen-bond acceptors (Lipinski definition) is 5. The Kier molecular flexibility index (Phi) is 6.21. The third kappa shape index (κ3) is 4.76. The highest BCUT2D eigenvalue weighted by molar-refractivity contribution is 7.91. The fourth-order valence-corrected chi connectivity index (χ4v) is 4.21. The third-order valence-electron chi connectivity index (χ3n) is 6.06. The minimum absolute atomic E-state index is 0.151. The van der Waals surface area contributed by atoms with Crippen molar-refractivity contribution in [2.24, 2.45) is 0 Å². The second-order valence-corrected chi connectivity index (χ2v) is 11.8. The van der Waals surface area contributed by atoms with Crippen molar-refractivity contribution < 1.29 is 26.9 Å². The number of carbonyl (C=O) groups excluding carboxylic acids is 1. The van der Waals surface area contributed by atoms with Gasteiger partial charge in [-0.2, -0.15) is 0 Å².